The van der Waals surface area contributed by atoms with Gasteiger partial charge in [-0.15, -0.1) is 0 Å². The number of hydrogen-bond acceptors (Lipinski definition) is 3. The fraction of sp³-hybridized carbons (Fsp3) is 0.529. The van der Waals surface area contributed by atoms with Crippen molar-refractivity contribution in [3.63, 3.8) is 0 Å². The number of aliphatic carboxylic acids is 1. The van der Waals surface area contributed by atoms with E-state index in [1.54, 1.807) is 6.92 Å². The zero-order valence-electron chi connectivity index (χ0n) is 13.8. The van der Waals surface area contributed by atoms with Gasteiger partial charge in [0.1, 0.15) is 17.4 Å². The normalized spacial score (nSPS) is 14.0. The second-order valence-corrected chi connectivity index (χ2v) is 6.53. The van der Waals surface area contributed by atoms with Gasteiger partial charge in [-0.3, -0.25) is 9.59 Å². The van der Waals surface area contributed by atoms with Gasteiger partial charge in [-0.2, -0.15) is 0 Å². The van der Waals surface area contributed by atoms with Gasteiger partial charge in [0.25, 0.3) is 0 Å². The zero-order chi connectivity index (χ0) is 16.9. The largest absolute Gasteiger partial charge is 0.488 e. The average molecular weight is 309 g/mol. The molecule has 0 aliphatic carbocycles. The van der Waals surface area contributed by atoms with Gasteiger partial charge in [-0.25, -0.2) is 0 Å². The van der Waals surface area contributed by atoms with Crippen molar-refractivity contribution in [3.8, 4) is 5.75 Å². The Morgan fingerprint density at radius 3 is 2.23 bits per heavy atom. The third kappa shape index (κ3) is 6.16. The molecule has 0 saturated heterocycles. The topological polar surface area (TPSA) is 75.6 Å². The van der Waals surface area contributed by atoms with Crippen LogP contribution in [0.3, 0.4) is 0 Å². The van der Waals surface area contributed by atoms with Crippen LogP contribution >= 0.6 is 0 Å². The minimum atomic E-state index is -1.04. The first-order valence-electron chi connectivity index (χ1n) is 7.39. The highest BCUT2D eigenvalue weighted by Crippen LogP contribution is 2.19. The Bertz CT molecular complexity index is 522. The second-order valence-electron chi connectivity index (χ2n) is 6.53. The summed E-state index contributed by atoms with van der Waals surface area (Å²) in [5, 5.41) is 11.3. The molecular formula is C17H27NO4. The van der Waals surface area contributed by atoms with Crippen LogP contribution in [0.1, 0.15) is 41.6 Å². The van der Waals surface area contributed by atoms with Crippen LogP contribution in [-0.4, -0.2) is 28.6 Å². The zero-order valence-corrected chi connectivity index (χ0v) is 13.8. The molecule has 0 radical (unpaired) electrons. The molecule has 5 nitrogen and oxygen atoms in total. The van der Waals surface area contributed by atoms with Crippen molar-refractivity contribution in [1.29, 1.82) is 0 Å². The van der Waals surface area contributed by atoms with E-state index in [1.807, 2.05) is 45.0 Å². The number of nitrogens with one attached hydrogen (secondary N) is 1. The summed E-state index contributed by atoms with van der Waals surface area (Å²) < 4.78 is 5.74. The van der Waals surface area contributed by atoms with Crippen LogP contribution in [-0.2, 0) is 16.0 Å². The van der Waals surface area contributed by atoms with E-state index in [1.165, 1.54) is 6.92 Å². The lowest BCUT2D eigenvalue weighted by molar-refractivity contribution is -0.141. The van der Waals surface area contributed by atoms with Crippen LogP contribution in [0.2, 0.25) is 0 Å². The van der Waals surface area contributed by atoms with Gasteiger partial charge in [0.15, 0.2) is 0 Å². The lowest BCUT2D eigenvalue weighted by Crippen LogP contribution is -2.41. The molecule has 22 heavy (non-hydrogen) atoms. The van der Waals surface area contributed by atoms with Gasteiger partial charge in [-0.1, -0.05) is 19.1 Å². The molecule has 0 saturated carbocycles. The van der Waals surface area contributed by atoms with E-state index in [4.69, 9.17) is 9.84 Å². The highest BCUT2D eigenvalue weighted by Gasteiger charge is 2.19. The maximum atomic E-state index is 11.9. The van der Waals surface area contributed by atoms with Crippen LogP contribution in [0, 0.1) is 5.92 Å². The maximum Gasteiger partial charge on any atom is 0.325 e. The number of carboxylic acids is 1. The molecule has 0 bridgehead atoms. The monoisotopic (exact) mass is 309 g/mol. The average Bonchev–Trinajstić information content (AvgIpc) is 2.39. The highest BCUT2D eigenvalue weighted by molar-refractivity contribution is 5.84. The number of rotatable bonds is 6. The number of benzene rings is 1. The summed E-state index contributed by atoms with van der Waals surface area (Å²) in [4.78, 5) is 22.7. The summed E-state index contributed by atoms with van der Waals surface area (Å²) in [6.45, 7) is 9.18. The van der Waals surface area contributed by atoms with Crippen LogP contribution in [0.25, 0.3) is 0 Å². The number of carbonyl (C=O) groups is 2. The van der Waals surface area contributed by atoms with Gasteiger partial charge in [-0.05, 0) is 51.8 Å². The van der Waals surface area contributed by atoms with Crippen molar-refractivity contribution in [1.82, 2.24) is 5.32 Å². The summed E-state index contributed by atoms with van der Waals surface area (Å²) >= 11 is 0. The number of amides is 1. The first-order chi connectivity index (χ1) is 10.1. The third-order valence-corrected chi connectivity index (χ3v) is 3.07. The second kappa shape index (κ2) is 7.29. The quantitative estimate of drug-likeness (QED) is 0.847. The number of carbonyl (C=O) groups excluding carboxylic acids is 1. The molecule has 0 heterocycles. The Morgan fingerprint density at radius 1 is 1.23 bits per heavy atom. The van der Waals surface area contributed by atoms with Crippen molar-refractivity contribution in [3.05, 3.63) is 29.8 Å². The van der Waals surface area contributed by atoms with Gasteiger partial charge in [0, 0.05) is 7.34 Å². The van der Waals surface area contributed by atoms with Crippen molar-refractivity contribution >= 4 is 11.9 Å². The molecule has 0 fully saturated rings. The van der Waals surface area contributed by atoms with E-state index in [-0.39, 0.29) is 18.9 Å². The predicted octanol–water partition coefficient (Wildman–Crippen LogP) is 2.88. The molecule has 0 aliphatic heterocycles. The Kier molecular flexibility index (Phi) is 5.97. The lowest BCUT2D eigenvalue weighted by Gasteiger charge is -2.21. The Labute approximate surface area is 133 Å². The molecule has 0 aliphatic rings. The molecule has 5 heteroatoms. The summed E-state index contributed by atoms with van der Waals surface area (Å²) in [6.07, 6.45) is 0.550. The molecule has 0 aromatic heterocycles. The Morgan fingerprint density at radius 2 is 1.77 bits per heavy atom. The SMILES string of the molecule is C[C@H](NC(=O)[C@@H](C)Cc1ccc(OC(C)(C)C)cc1)C(=O)O.[HH]. The predicted molar refractivity (Wildman–Crippen MR) is 87.0 cm³/mol. The number of ether oxygens (including phenoxy) is 1. The van der Waals surface area contributed by atoms with Crippen molar-refractivity contribution in [2.24, 2.45) is 5.92 Å². The molecule has 0 spiro atoms. The fourth-order valence-corrected chi connectivity index (χ4v) is 1.91. The molecule has 2 atom stereocenters. The Balaban J connectivity index is 0.00000484. The first-order valence-corrected chi connectivity index (χ1v) is 7.39. The molecule has 124 valence electrons. The lowest BCUT2D eigenvalue weighted by atomic mass is 10.00. The van der Waals surface area contributed by atoms with Crippen molar-refractivity contribution in [2.75, 3.05) is 0 Å². The van der Waals surface area contributed by atoms with Crippen LogP contribution in [0.4, 0.5) is 0 Å². The summed E-state index contributed by atoms with van der Waals surface area (Å²) in [7, 11) is 0. The van der Waals surface area contributed by atoms with Crippen LogP contribution < -0.4 is 10.1 Å². The molecule has 1 amide bonds. The third-order valence-electron chi connectivity index (χ3n) is 3.07. The van der Waals surface area contributed by atoms with Gasteiger partial charge in [0.05, 0.1) is 0 Å². The van der Waals surface area contributed by atoms with E-state index < -0.39 is 12.0 Å². The first kappa shape index (κ1) is 18.0. The minimum absolute atomic E-state index is 0. The molecular weight excluding hydrogens is 282 g/mol. The molecule has 1 aromatic carbocycles. The molecule has 0 unspecified atom stereocenters. The van der Waals surface area contributed by atoms with E-state index in [0.717, 1.165) is 11.3 Å². The van der Waals surface area contributed by atoms with E-state index in [2.05, 4.69) is 5.32 Å². The molecule has 1 aromatic rings. The summed E-state index contributed by atoms with van der Waals surface area (Å²) in [6, 6.07) is 6.73. The van der Waals surface area contributed by atoms with E-state index in [0.29, 0.717) is 6.42 Å². The van der Waals surface area contributed by atoms with Gasteiger partial charge >= 0.3 is 5.97 Å². The molecule has 2 N–H and O–H groups in total. The maximum absolute atomic E-state index is 11.9. The minimum Gasteiger partial charge on any atom is -0.488 e. The van der Waals surface area contributed by atoms with Crippen molar-refractivity contribution < 1.29 is 20.9 Å². The van der Waals surface area contributed by atoms with Crippen LogP contribution in [0.15, 0.2) is 24.3 Å². The highest BCUT2D eigenvalue weighted by atomic mass is 16.5. The van der Waals surface area contributed by atoms with E-state index in [9.17, 15) is 9.59 Å². The summed E-state index contributed by atoms with van der Waals surface area (Å²) in [5.41, 5.74) is 0.758. The van der Waals surface area contributed by atoms with E-state index >= 15 is 0 Å². The van der Waals surface area contributed by atoms with Gasteiger partial charge < -0.3 is 15.2 Å². The fourth-order valence-electron chi connectivity index (χ4n) is 1.91. The van der Waals surface area contributed by atoms with Gasteiger partial charge in [0.2, 0.25) is 5.91 Å². The summed E-state index contributed by atoms with van der Waals surface area (Å²) in [5.74, 6) is -0.807. The standard InChI is InChI=1S/C17H25NO4.H2/c1-11(15(19)18-12(2)16(20)21)10-13-6-8-14(9-7-13)22-17(3,4)5;/h6-9,11-12H,10H2,1-5H3,(H,18,19)(H,20,21);1H/t11-,12-;/m0./s1. The van der Waals surface area contributed by atoms with Crippen LogP contribution in [0.5, 0.6) is 5.75 Å². The number of carboxylic acid groups (broad SMARTS) is 1. The smallest absolute Gasteiger partial charge is 0.325 e. The Hall–Kier alpha value is -2.04. The number of hydrogen-bond donors (Lipinski definition) is 2. The van der Waals surface area contributed by atoms with Crippen molar-refractivity contribution in [2.45, 2.75) is 52.7 Å². The molecule has 1 rings (SSSR count).